The van der Waals surface area contributed by atoms with Gasteiger partial charge < -0.3 is 5.11 Å². The van der Waals surface area contributed by atoms with Crippen LogP contribution in [-0.2, 0) is 14.3 Å². The molecule has 34 heavy (non-hydrogen) atoms. The standard InChI is InChI=1S/C29H38O4S/c1-19-5-8-23(9-6-19)34(31,32)33-18-20(2)25-11-12-26-24-10-7-21-17-22(30)13-15-28(21,3)27(24)14-16-29(25,26)4/h5-10,17,20,25-27,30H,11-16,18H2,1-4H3/t20-,25-,26?,27?,28+,29-/m1/s1. The highest BCUT2D eigenvalue weighted by atomic mass is 32.2. The second-order valence-corrected chi connectivity index (χ2v) is 13.3. The second kappa shape index (κ2) is 8.37. The summed E-state index contributed by atoms with van der Waals surface area (Å²) in [5, 5.41) is 10.1. The van der Waals surface area contributed by atoms with Gasteiger partial charge in [0.25, 0.3) is 10.1 Å². The van der Waals surface area contributed by atoms with Crippen LogP contribution >= 0.6 is 0 Å². The lowest BCUT2D eigenvalue weighted by molar-refractivity contribution is 0.0423. The molecular formula is C29H38O4S. The number of allylic oxidation sites excluding steroid dienone is 6. The van der Waals surface area contributed by atoms with E-state index in [4.69, 9.17) is 4.18 Å². The van der Waals surface area contributed by atoms with Crippen molar-refractivity contribution in [2.75, 3.05) is 6.61 Å². The highest BCUT2D eigenvalue weighted by molar-refractivity contribution is 7.86. The van der Waals surface area contributed by atoms with Gasteiger partial charge in [-0.1, -0.05) is 56.2 Å². The summed E-state index contributed by atoms with van der Waals surface area (Å²) < 4.78 is 31.1. The van der Waals surface area contributed by atoms with Gasteiger partial charge in [0.05, 0.1) is 17.3 Å². The molecule has 184 valence electrons. The molecule has 0 amide bonds. The number of hydrogen-bond acceptors (Lipinski definition) is 4. The first-order valence-electron chi connectivity index (χ1n) is 12.8. The molecule has 5 rings (SSSR count). The third-order valence-corrected chi connectivity index (χ3v) is 11.1. The fourth-order valence-electron chi connectivity index (χ4n) is 7.72. The highest BCUT2D eigenvalue weighted by Crippen LogP contribution is 2.65. The van der Waals surface area contributed by atoms with Gasteiger partial charge in [0.15, 0.2) is 0 Å². The Kier molecular flexibility index (Phi) is 5.88. The summed E-state index contributed by atoms with van der Waals surface area (Å²) in [5.41, 5.74) is 4.20. The minimum Gasteiger partial charge on any atom is -0.512 e. The van der Waals surface area contributed by atoms with Crippen LogP contribution in [-0.4, -0.2) is 20.1 Å². The molecule has 4 aliphatic carbocycles. The summed E-state index contributed by atoms with van der Waals surface area (Å²) >= 11 is 0. The normalized spacial score (nSPS) is 35.9. The van der Waals surface area contributed by atoms with Crippen LogP contribution in [0.4, 0.5) is 0 Å². The van der Waals surface area contributed by atoms with E-state index < -0.39 is 10.1 Å². The molecule has 4 aliphatic rings. The molecule has 0 spiro atoms. The lowest BCUT2D eigenvalue weighted by Crippen LogP contribution is -2.45. The fourth-order valence-corrected chi connectivity index (χ4v) is 8.72. The number of aryl methyl sites for hydroxylation is 1. The zero-order valence-corrected chi connectivity index (χ0v) is 21.7. The molecule has 2 saturated carbocycles. The van der Waals surface area contributed by atoms with E-state index in [0.717, 1.165) is 37.7 Å². The zero-order valence-electron chi connectivity index (χ0n) is 20.9. The van der Waals surface area contributed by atoms with Crippen LogP contribution in [0.15, 0.2) is 64.3 Å². The van der Waals surface area contributed by atoms with E-state index in [1.165, 1.54) is 12.0 Å². The van der Waals surface area contributed by atoms with E-state index in [1.54, 1.807) is 17.7 Å². The molecule has 4 nitrogen and oxygen atoms in total. The number of rotatable bonds is 5. The first kappa shape index (κ1) is 23.9. The number of benzene rings is 1. The van der Waals surface area contributed by atoms with Gasteiger partial charge in [-0.25, -0.2) is 0 Å². The molecule has 0 radical (unpaired) electrons. The summed E-state index contributed by atoms with van der Waals surface area (Å²) in [5.74, 6) is 2.22. The molecule has 0 aliphatic heterocycles. The molecule has 2 fully saturated rings. The Morgan fingerprint density at radius 3 is 2.53 bits per heavy atom. The Bertz CT molecular complexity index is 1160. The van der Waals surface area contributed by atoms with E-state index >= 15 is 0 Å². The average Bonchev–Trinajstić information content (AvgIpc) is 3.15. The van der Waals surface area contributed by atoms with Gasteiger partial charge in [-0.15, -0.1) is 0 Å². The predicted octanol–water partition coefficient (Wildman–Crippen LogP) is 6.89. The summed E-state index contributed by atoms with van der Waals surface area (Å²) in [6, 6.07) is 6.87. The van der Waals surface area contributed by atoms with E-state index in [0.29, 0.717) is 23.5 Å². The van der Waals surface area contributed by atoms with Crippen molar-refractivity contribution in [3.05, 3.63) is 65.0 Å². The maximum Gasteiger partial charge on any atom is 0.296 e. The third-order valence-electron chi connectivity index (χ3n) is 9.77. The topological polar surface area (TPSA) is 63.6 Å². The van der Waals surface area contributed by atoms with Crippen LogP contribution in [0.2, 0.25) is 0 Å². The molecule has 6 atom stereocenters. The van der Waals surface area contributed by atoms with Gasteiger partial charge in [-0.3, -0.25) is 4.18 Å². The number of hydrogen-bond donors (Lipinski definition) is 1. The molecule has 0 heterocycles. The van der Waals surface area contributed by atoms with Gasteiger partial charge in [-0.05, 0) is 97.3 Å². The van der Waals surface area contributed by atoms with E-state index in [1.807, 2.05) is 25.1 Å². The Balaban J connectivity index is 1.33. The van der Waals surface area contributed by atoms with Crippen LogP contribution in [0.25, 0.3) is 0 Å². The molecule has 0 aromatic heterocycles. The summed E-state index contributed by atoms with van der Waals surface area (Å²) in [4.78, 5) is 0.233. The van der Waals surface area contributed by atoms with Crippen molar-refractivity contribution >= 4 is 10.1 Å². The van der Waals surface area contributed by atoms with Crippen LogP contribution in [0.1, 0.15) is 64.9 Å². The van der Waals surface area contributed by atoms with Crippen molar-refractivity contribution < 1.29 is 17.7 Å². The van der Waals surface area contributed by atoms with Crippen molar-refractivity contribution in [1.82, 2.24) is 0 Å². The van der Waals surface area contributed by atoms with Crippen LogP contribution in [0, 0.1) is 41.4 Å². The van der Waals surface area contributed by atoms with Crippen LogP contribution in [0.5, 0.6) is 0 Å². The van der Waals surface area contributed by atoms with Gasteiger partial charge in [0.1, 0.15) is 0 Å². The Hall–Kier alpha value is -1.85. The number of fused-ring (bicyclic) bond motifs is 5. The largest absolute Gasteiger partial charge is 0.512 e. The van der Waals surface area contributed by atoms with Crippen molar-refractivity contribution in [3.8, 4) is 0 Å². The Morgan fingerprint density at radius 1 is 1.06 bits per heavy atom. The fraction of sp³-hybridized carbons (Fsp3) is 0.586. The van der Waals surface area contributed by atoms with Gasteiger partial charge in [0, 0.05) is 6.42 Å². The van der Waals surface area contributed by atoms with Crippen molar-refractivity contribution in [2.45, 2.75) is 71.1 Å². The van der Waals surface area contributed by atoms with E-state index in [-0.39, 0.29) is 28.3 Å². The molecule has 1 aromatic rings. The van der Waals surface area contributed by atoms with Crippen LogP contribution in [0.3, 0.4) is 0 Å². The molecule has 0 bridgehead atoms. The minimum absolute atomic E-state index is 0.118. The van der Waals surface area contributed by atoms with Crippen molar-refractivity contribution in [2.24, 2.45) is 34.5 Å². The van der Waals surface area contributed by atoms with Gasteiger partial charge in [0.2, 0.25) is 0 Å². The Labute approximate surface area is 204 Å². The molecule has 0 saturated heterocycles. The summed E-state index contributed by atoms with van der Waals surface area (Å²) in [6.07, 6.45) is 13.0. The highest BCUT2D eigenvalue weighted by Gasteiger charge is 2.56. The first-order valence-corrected chi connectivity index (χ1v) is 14.2. The molecule has 1 N–H and O–H groups in total. The second-order valence-electron chi connectivity index (χ2n) is 11.7. The quantitative estimate of drug-likeness (QED) is 0.464. The van der Waals surface area contributed by atoms with Gasteiger partial charge in [-0.2, -0.15) is 8.42 Å². The smallest absolute Gasteiger partial charge is 0.296 e. The van der Waals surface area contributed by atoms with E-state index in [2.05, 4.69) is 32.9 Å². The maximum absolute atomic E-state index is 12.7. The average molecular weight is 483 g/mol. The third kappa shape index (κ3) is 3.80. The first-order chi connectivity index (χ1) is 16.0. The Morgan fingerprint density at radius 2 is 1.79 bits per heavy atom. The predicted molar refractivity (Wildman–Crippen MR) is 135 cm³/mol. The van der Waals surface area contributed by atoms with Crippen molar-refractivity contribution in [1.29, 1.82) is 0 Å². The summed E-state index contributed by atoms with van der Waals surface area (Å²) in [7, 11) is -3.74. The van der Waals surface area contributed by atoms with Gasteiger partial charge >= 0.3 is 0 Å². The molecular weight excluding hydrogens is 444 g/mol. The molecule has 1 aromatic carbocycles. The SMILES string of the molecule is Cc1ccc(S(=O)(=O)OC[C@@H](C)[C@H]2CCC3C4=CC=C5C=C(O)CC[C@]5(C)C4CC[C@@]32C)cc1. The zero-order chi connectivity index (χ0) is 24.3. The number of aliphatic hydroxyl groups is 1. The monoisotopic (exact) mass is 482 g/mol. The lowest BCUT2D eigenvalue weighted by Gasteiger charge is -2.54. The molecule has 5 heteroatoms. The maximum atomic E-state index is 12.7. The van der Waals surface area contributed by atoms with E-state index in [9.17, 15) is 13.5 Å². The van der Waals surface area contributed by atoms with Crippen molar-refractivity contribution in [3.63, 3.8) is 0 Å². The summed E-state index contributed by atoms with van der Waals surface area (Å²) in [6.45, 7) is 9.17. The lowest BCUT2D eigenvalue weighted by atomic mass is 9.50. The molecule has 2 unspecified atom stereocenters. The van der Waals surface area contributed by atoms with Crippen LogP contribution < -0.4 is 0 Å². The number of aliphatic hydroxyl groups excluding tert-OH is 1. The minimum atomic E-state index is -3.74.